The van der Waals surface area contributed by atoms with E-state index < -0.39 is 0 Å². The van der Waals surface area contributed by atoms with Crippen LogP contribution in [0.2, 0.25) is 4.34 Å². The van der Waals surface area contributed by atoms with Gasteiger partial charge in [-0.05, 0) is 37.5 Å². The molecule has 0 saturated carbocycles. The van der Waals surface area contributed by atoms with E-state index in [0.717, 1.165) is 33.8 Å². The van der Waals surface area contributed by atoms with E-state index in [-0.39, 0.29) is 0 Å². The third kappa shape index (κ3) is 2.80. The van der Waals surface area contributed by atoms with Gasteiger partial charge in [-0.1, -0.05) is 11.6 Å². The Bertz CT molecular complexity index is 586. The molecule has 0 bridgehead atoms. The summed E-state index contributed by atoms with van der Waals surface area (Å²) in [4.78, 5) is 12.4. The molecule has 0 aromatic carbocycles. The van der Waals surface area contributed by atoms with Crippen molar-refractivity contribution in [3.8, 4) is 10.6 Å². The topological polar surface area (TPSA) is 55.0 Å². The number of hydrogen-bond donors (Lipinski definition) is 1. The summed E-state index contributed by atoms with van der Waals surface area (Å²) in [6.07, 6.45) is 5.34. The quantitative estimate of drug-likeness (QED) is 0.946. The molecule has 0 amide bonds. The number of rotatable bonds is 3. The molecule has 4 nitrogen and oxygen atoms in total. The van der Waals surface area contributed by atoms with E-state index in [1.165, 1.54) is 24.2 Å². The molecule has 3 rings (SSSR count). The Hall–Kier alpha value is -1.17. The van der Waals surface area contributed by atoms with Crippen molar-refractivity contribution in [2.45, 2.75) is 25.3 Å². The van der Waals surface area contributed by atoms with Gasteiger partial charge in [-0.15, -0.1) is 11.3 Å². The number of halogens is 1. The number of anilines is 1. The van der Waals surface area contributed by atoms with Gasteiger partial charge in [0.15, 0.2) is 0 Å². The average molecular weight is 309 g/mol. The predicted molar refractivity (Wildman–Crippen MR) is 84.4 cm³/mol. The maximum atomic E-state index is 5.99. The molecule has 1 aliphatic heterocycles. The van der Waals surface area contributed by atoms with E-state index in [2.05, 4.69) is 14.9 Å². The molecule has 2 aromatic heterocycles. The van der Waals surface area contributed by atoms with Gasteiger partial charge in [0, 0.05) is 25.3 Å². The SMILES string of the molecule is NCC1CCCCN1c1nccc(-c2ccc(Cl)s2)n1. The highest BCUT2D eigenvalue weighted by molar-refractivity contribution is 7.19. The highest BCUT2D eigenvalue weighted by atomic mass is 35.5. The minimum absolute atomic E-state index is 0.353. The van der Waals surface area contributed by atoms with E-state index in [1.807, 2.05) is 24.4 Å². The lowest BCUT2D eigenvalue weighted by Crippen LogP contribution is -2.45. The van der Waals surface area contributed by atoms with Crippen molar-refractivity contribution in [2.24, 2.45) is 5.73 Å². The summed E-state index contributed by atoms with van der Waals surface area (Å²) in [5, 5.41) is 0. The number of aromatic nitrogens is 2. The lowest BCUT2D eigenvalue weighted by molar-refractivity contribution is 0.458. The molecule has 1 fully saturated rings. The monoisotopic (exact) mass is 308 g/mol. The second kappa shape index (κ2) is 6.08. The van der Waals surface area contributed by atoms with Gasteiger partial charge in [-0.25, -0.2) is 9.97 Å². The van der Waals surface area contributed by atoms with Gasteiger partial charge in [0.2, 0.25) is 5.95 Å². The molecule has 6 heteroatoms. The molecule has 1 unspecified atom stereocenters. The van der Waals surface area contributed by atoms with Gasteiger partial charge in [0.25, 0.3) is 0 Å². The van der Waals surface area contributed by atoms with Crippen LogP contribution in [0.15, 0.2) is 24.4 Å². The zero-order valence-corrected chi connectivity index (χ0v) is 12.7. The standard InChI is InChI=1S/C14H17ClN4S/c15-13-5-4-12(20-13)11-6-7-17-14(18-11)19-8-2-1-3-10(19)9-16/h4-7,10H,1-3,8-9,16H2. The Morgan fingerprint density at radius 2 is 2.25 bits per heavy atom. The Morgan fingerprint density at radius 3 is 3.00 bits per heavy atom. The van der Waals surface area contributed by atoms with Crippen LogP contribution >= 0.6 is 22.9 Å². The molecule has 1 aliphatic rings. The Labute approximate surface area is 127 Å². The van der Waals surface area contributed by atoms with Crippen LogP contribution < -0.4 is 10.6 Å². The maximum Gasteiger partial charge on any atom is 0.226 e. The Morgan fingerprint density at radius 1 is 1.35 bits per heavy atom. The zero-order valence-electron chi connectivity index (χ0n) is 11.1. The Balaban J connectivity index is 1.90. The smallest absolute Gasteiger partial charge is 0.226 e. The third-order valence-corrected chi connectivity index (χ3v) is 4.88. The van der Waals surface area contributed by atoms with Gasteiger partial charge >= 0.3 is 0 Å². The van der Waals surface area contributed by atoms with Crippen LogP contribution in [0.1, 0.15) is 19.3 Å². The first-order valence-electron chi connectivity index (χ1n) is 6.83. The number of piperidine rings is 1. The fourth-order valence-electron chi connectivity index (χ4n) is 2.58. The minimum Gasteiger partial charge on any atom is -0.337 e. The van der Waals surface area contributed by atoms with Crippen molar-refractivity contribution >= 4 is 28.9 Å². The van der Waals surface area contributed by atoms with E-state index in [1.54, 1.807) is 0 Å². The molecule has 1 saturated heterocycles. The first-order chi connectivity index (χ1) is 9.78. The van der Waals surface area contributed by atoms with Crippen LogP contribution in [0.4, 0.5) is 5.95 Å². The molecular weight excluding hydrogens is 292 g/mol. The number of nitrogens with zero attached hydrogens (tertiary/aromatic N) is 3. The van der Waals surface area contributed by atoms with Crippen LogP contribution in [-0.4, -0.2) is 29.1 Å². The molecule has 0 radical (unpaired) electrons. The van der Waals surface area contributed by atoms with Crippen molar-refractivity contribution in [3.05, 3.63) is 28.7 Å². The highest BCUT2D eigenvalue weighted by Gasteiger charge is 2.23. The van der Waals surface area contributed by atoms with Crippen LogP contribution in [0, 0.1) is 0 Å². The summed E-state index contributed by atoms with van der Waals surface area (Å²) in [5.41, 5.74) is 6.80. The van der Waals surface area contributed by atoms with E-state index in [9.17, 15) is 0 Å². The van der Waals surface area contributed by atoms with E-state index in [4.69, 9.17) is 17.3 Å². The van der Waals surface area contributed by atoms with Gasteiger partial charge in [-0.3, -0.25) is 0 Å². The summed E-state index contributed by atoms with van der Waals surface area (Å²) in [5.74, 6) is 0.780. The first kappa shape index (κ1) is 13.8. The second-order valence-electron chi connectivity index (χ2n) is 4.92. The summed E-state index contributed by atoms with van der Waals surface area (Å²) in [7, 11) is 0. The summed E-state index contributed by atoms with van der Waals surface area (Å²) < 4.78 is 0.776. The van der Waals surface area contributed by atoms with Gasteiger partial charge < -0.3 is 10.6 Å². The second-order valence-corrected chi connectivity index (χ2v) is 6.64. The molecule has 2 aromatic rings. The van der Waals surface area contributed by atoms with E-state index >= 15 is 0 Å². The van der Waals surface area contributed by atoms with Crippen molar-refractivity contribution < 1.29 is 0 Å². The fraction of sp³-hybridized carbons (Fsp3) is 0.429. The average Bonchev–Trinajstić information content (AvgIpc) is 2.94. The first-order valence-corrected chi connectivity index (χ1v) is 8.03. The summed E-state index contributed by atoms with van der Waals surface area (Å²) in [6.45, 7) is 1.63. The molecular formula is C14H17ClN4S. The van der Waals surface area contributed by atoms with Crippen LogP contribution in [-0.2, 0) is 0 Å². The molecule has 0 aliphatic carbocycles. The van der Waals surface area contributed by atoms with E-state index in [0.29, 0.717) is 12.6 Å². The third-order valence-electron chi connectivity index (χ3n) is 3.62. The van der Waals surface area contributed by atoms with Crippen molar-refractivity contribution in [1.29, 1.82) is 0 Å². The van der Waals surface area contributed by atoms with Crippen molar-refractivity contribution in [1.82, 2.24) is 9.97 Å². The normalized spacial score (nSPS) is 19.3. The van der Waals surface area contributed by atoms with Crippen LogP contribution in [0.5, 0.6) is 0 Å². The maximum absolute atomic E-state index is 5.99. The fourth-order valence-corrected chi connectivity index (χ4v) is 3.60. The zero-order chi connectivity index (χ0) is 13.9. The lowest BCUT2D eigenvalue weighted by atomic mass is 10.0. The number of nitrogens with two attached hydrogens (primary N) is 1. The molecule has 106 valence electrons. The minimum atomic E-state index is 0.353. The van der Waals surface area contributed by atoms with Gasteiger partial charge in [0.05, 0.1) is 14.9 Å². The lowest BCUT2D eigenvalue weighted by Gasteiger charge is -2.35. The number of hydrogen-bond acceptors (Lipinski definition) is 5. The van der Waals surface area contributed by atoms with Crippen molar-refractivity contribution in [2.75, 3.05) is 18.0 Å². The van der Waals surface area contributed by atoms with Crippen LogP contribution in [0.3, 0.4) is 0 Å². The van der Waals surface area contributed by atoms with Gasteiger partial charge in [0.1, 0.15) is 0 Å². The van der Waals surface area contributed by atoms with Crippen molar-refractivity contribution in [3.63, 3.8) is 0 Å². The largest absolute Gasteiger partial charge is 0.337 e. The van der Waals surface area contributed by atoms with Gasteiger partial charge in [-0.2, -0.15) is 0 Å². The molecule has 2 N–H and O–H groups in total. The molecule has 1 atom stereocenters. The number of thiophene rings is 1. The highest BCUT2D eigenvalue weighted by Crippen LogP contribution is 2.31. The summed E-state index contributed by atoms with van der Waals surface area (Å²) in [6, 6.07) is 6.17. The molecule has 20 heavy (non-hydrogen) atoms. The molecule has 0 spiro atoms. The summed E-state index contributed by atoms with van der Waals surface area (Å²) >= 11 is 7.53. The predicted octanol–water partition coefficient (Wildman–Crippen LogP) is 3.18. The Kier molecular flexibility index (Phi) is 4.19. The molecule has 3 heterocycles. The van der Waals surface area contributed by atoms with Crippen LogP contribution in [0.25, 0.3) is 10.6 Å².